The van der Waals surface area contributed by atoms with E-state index in [0.29, 0.717) is 5.70 Å². The van der Waals surface area contributed by atoms with Crippen LogP contribution in [0.3, 0.4) is 0 Å². The highest BCUT2D eigenvalue weighted by Gasteiger charge is 2.20. The Balaban J connectivity index is 2.49. The second kappa shape index (κ2) is 6.19. The third-order valence-electron chi connectivity index (χ3n) is 2.45. The average molecular weight is 206 g/mol. The van der Waals surface area contributed by atoms with E-state index in [4.69, 9.17) is 0 Å². The van der Waals surface area contributed by atoms with Gasteiger partial charge in [0.05, 0.1) is 5.92 Å². The van der Waals surface area contributed by atoms with Crippen LogP contribution in [0, 0.1) is 5.92 Å². The summed E-state index contributed by atoms with van der Waals surface area (Å²) in [5.74, 6) is 0.141. The highest BCUT2D eigenvalue weighted by Crippen LogP contribution is 2.10. The number of hydrogen-bond donors (Lipinski definition) is 2. The van der Waals surface area contributed by atoms with Crippen molar-refractivity contribution in [2.75, 3.05) is 13.1 Å². The molecule has 0 spiro atoms. The van der Waals surface area contributed by atoms with Crippen molar-refractivity contribution in [3.63, 3.8) is 0 Å². The number of allylic oxidation sites excluding steroid dienone is 3. The van der Waals surface area contributed by atoms with E-state index in [1.807, 2.05) is 0 Å². The summed E-state index contributed by atoms with van der Waals surface area (Å²) in [6.07, 6.45) is 7.01. The molecular weight excluding hydrogens is 188 g/mol. The van der Waals surface area contributed by atoms with Crippen molar-refractivity contribution in [3.8, 4) is 0 Å². The lowest BCUT2D eigenvalue weighted by atomic mass is 9.99. The summed E-state index contributed by atoms with van der Waals surface area (Å²) in [5, 5.41) is 6.04. The maximum atomic E-state index is 11.8. The van der Waals surface area contributed by atoms with Crippen LogP contribution in [0.1, 0.15) is 12.8 Å². The molecule has 82 valence electrons. The number of hydrogen-bond acceptors (Lipinski definition) is 2. The third-order valence-corrected chi connectivity index (χ3v) is 2.45. The normalized spacial score (nSPS) is 21.9. The van der Waals surface area contributed by atoms with Gasteiger partial charge in [0.25, 0.3) is 0 Å². The molecule has 0 saturated carbocycles. The molecule has 1 heterocycles. The van der Waals surface area contributed by atoms with Crippen molar-refractivity contribution in [3.05, 3.63) is 37.1 Å². The summed E-state index contributed by atoms with van der Waals surface area (Å²) in [4.78, 5) is 11.8. The predicted molar refractivity (Wildman–Crippen MR) is 62.2 cm³/mol. The third kappa shape index (κ3) is 3.72. The summed E-state index contributed by atoms with van der Waals surface area (Å²) in [7, 11) is 0. The van der Waals surface area contributed by atoms with Crippen LogP contribution < -0.4 is 10.6 Å². The zero-order valence-corrected chi connectivity index (χ0v) is 8.96. The molecule has 1 unspecified atom stereocenters. The molecule has 1 amide bonds. The van der Waals surface area contributed by atoms with Gasteiger partial charge in [0.15, 0.2) is 0 Å². The van der Waals surface area contributed by atoms with Crippen LogP contribution in [-0.2, 0) is 4.79 Å². The van der Waals surface area contributed by atoms with Gasteiger partial charge in [-0.2, -0.15) is 0 Å². The highest BCUT2D eigenvalue weighted by molar-refractivity contribution is 5.81. The Morgan fingerprint density at radius 3 is 2.80 bits per heavy atom. The molecular formula is C12H18N2O. The van der Waals surface area contributed by atoms with Crippen molar-refractivity contribution in [2.24, 2.45) is 5.92 Å². The molecule has 1 rings (SSSR count). The van der Waals surface area contributed by atoms with Gasteiger partial charge in [0, 0.05) is 12.2 Å². The average Bonchev–Trinajstić information content (AvgIpc) is 2.29. The molecule has 1 fully saturated rings. The van der Waals surface area contributed by atoms with Crippen LogP contribution in [-0.4, -0.2) is 19.0 Å². The molecule has 0 radical (unpaired) electrons. The number of amides is 1. The minimum atomic E-state index is 0.0650. The standard InChI is InChI=1S/C12H18N2O/c1-3-6-11(4-2)14-12(15)10-7-5-8-13-9-10/h3-4,6,10,13H,1-2,5,7-9H2,(H,14,15). The SMILES string of the molecule is C=CC=C(C=C)NC(=O)C1CCCNC1. The van der Waals surface area contributed by atoms with Crippen molar-refractivity contribution in [2.45, 2.75) is 12.8 Å². The first kappa shape index (κ1) is 11.7. The van der Waals surface area contributed by atoms with E-state index < -0.39 is 0 Å². The van der Waals surface area contributed by atoms with Crippen LogP contribution >= 0.6 is 0 Å². The first-order chi connectivity index (χ1) is 7.27. The molecule has 0 aromatic heterocycles. The second-order valence-corrected chi connectivity index (χ2v) is 3.59. The van der Waals surface area contributed by atoms with E-state index in [9.17, 15) is 4.79 Å². The molecule has 3 nitrogen and oxygen atoms in total. The van der Waals surface area contributed by atoms with E-state index in [-0.39, 0.29) is 11.8 Å². The summed E-state index contributed by atoms with van der Waals surface area (Å²) in [6, 6.07) is 0. The lowest BCUT2D eigenvalue weighted by Crippen LogP contribution is -2.40. The smallest absolute Gasteiger partial charge is 0.228 e. The molecule has 0 bridgehead atoms. The molecule has 1 aliphatic rings. The van der Waals surface area contributed by atoms with E-state index in [2.05, 4.69) is 23.8 Å². The van der Waals surface area contributed by atoms with Gasteiger partial charge >= 0.3 is 0 Å². The monoisotopic (exact) mass is 206 g/mol. The summed E-state index contributed by atoms with van der Waals surface area (Å²) in [5.41, 5.74) is 0.709. The number of nitrogens with one attached hydrogen (secondary N) is 2. The highest BCUT2D eigenvalue weighted by atomic mass is 16.1. The van der Waals surface area contributed by atoms with E-state index in [0.717, 1.165) is 25.9 Å². The Morgan fingerprint density at radius 1 is 1.47 bits per heavy atom. The summed E-state index contributed by atoms with van der Waals surface area (Å²) < 4.78 is 0. The molecule has 1 aliphatic heterocycles. The number of carbonyl (C=O) groups excluding carboxylic acids is 1. The summed E-state index contributed by atoms with van der Waals surface area (Å²) >= 11 is 0. The Kier molecular flexibility index (Phi) is 4.84. The molecule has 0 aliphatic carbocycles. The van der Waals surface area contributed by atoms with Gasteiger partial charge in [-0.05, 0) is 31.5 Å². The maximum Gasteiger partial charge on any atom is 0.228 e. The van der Waals surface area contributed by atoms with Gasteiger partial charge in [0.2, 0.25) is 5.91 Å². The summed E-state index contributed by atoms with van der Waals surface area (Å²) in [6.45, 7) is 8.99. The largest absolute Gasteiger partial charge is 0.326 e. The minimum Gasteiger partial charge on any atom is -0.326 e. The lowest BCUT2D eigenvalue weighted by Gasteiger charge is -2.22. The van der Waals surface area contributed by atoms with Crippen LogP contribution in [0.15, 0.2) is 37.1 Å². The predicted octanol–water partition coefficient (Wildman–Crippen LogP) is 1.36. The van der Waals surface area contributed by atoms with E-state index >= 15 is 0 Å². The second-order valence-electron chi connectivity index (χ2n) is 3.59. The molecule has 15 heavy (non-hydrogen) atoms. The molecule has 0 aromatic rings. The fraction of sp³-hybridized carbons (Fsp3) is 0.417. The van der Waals surface area contributed by atoms with Crippen LogP contribution in [0.4, 0.5) is 0 Å². The molecule has 0 aromatic carbocycles. The zero-order valence-electron chi connectivity index (χ0n) is 8.96. The molecule has 2 N–H and O–H groups in total. The van der Waals surface area contributed by atoms with Crippen LogP contribution in [0.5, 0.6) is 0 Å². The van der Waals surface area contributed by atoms with Gasteiger partial charge in [-0.1, -0.05) is 19.2 Å². The zero-order chi connectivity index (χ0) is 11.1. The Hall–Kier alpha value is -1.35. The Bertz CT molecular complexity index is 275. The lowest BCUT2D eigenvalue weighted by molar-refractivity contribution is -0.124. The van der Waals surface area contributed by atoms with E-state index in [1.54, 1.807) is 18.2 Å². The maximum absolute atomic E-state index is 11.8. The van der Waals surface area contributed by atoms with Crippen molar-refractivity contribution in [1.82, 2.24) is 10.6 Å². The van der Waals surface area contributed by atoms with Gasteiger partial charge in [-0.25, -0.2) is 0 Å². The molecule has 3 heteroatoms. The van der Waals surface area contributed by atoms with Gasteiger partial charge in [0.1, 0.15) is 0 Å². The van der Waals surface area contributed by atoms with Gasteiger partial charge in [-0.3, -0.25) is 4.79 Å². The first-order valence-electron chi connectivity index (χ1n) is 5.24. The number of rotatable bonds is 4. The number of carbonyl (C=O) groups is 1. The van der Waals surface area contributed by atoms with Crippen molar-refractivity contribution in [1.29, 1.82) is 0 Å². The Labute approximate surface area is 90.9 Å². The number of piperidine rings is 1. The fourth-order valence-corrected chi connectivity index (χ4v) is 1.61. The molecule has 1 atom stereocenters. The Morgan fingerprint density at radius 2 is 2.27 bits per heavy atom. The van der Waals surface area contributed by atoms with Crippen LogP contribution in [0.2, 0.25) is 0 Å². The van der Waals surface area contributed by atoms with Crippen molar-refractivity contribution >= 4 is 5.91 Å². The quantitative estimate of drug-likeness (QED) is 0.682. The van der Waals surface area contributed by atoms with Crippen molar-refractivity contribution < 1.29 is 4.79 Å². The topological polar surface area (TPSA) is 41.1 Å². The molecule has 1 saturated heterocycles. The van der Waals surface area contributed by atoms with Crippen LogP contribution in [0.25, 0.3) is 0 Å². The van der Waals surface area contributed by atoms with E-state index in [1.165, 1.54) is 0 Å². The fourth-order valence-electron chi connectivity index (χ4n) is 1.61. The first-order valence-corrected chi connectivity index (χ1v) is 5.24. The van der Waals surface area contributed by atoms with Gasteiger partial charge < -0.3 is 10.6 Å². The minimum absolute atomic E-state index is 0.0650. The van der Waals surface area contributed by atoms with Gasteiger partial charge in [-0.15, -0.1) is 0 Å².